The number of esters is 3. The molecule has 1 aromatic rings. The van der Waals surface area contributed by atoms with Crippen LogP contribution in [0.3, 0.4) is 0 Å². The van der Waals surface area contributed by atoms with Crippen molar-refractivity contribution in [3.8, 4) is 11.5 Å². The molecular formula is C29H40O7. The van der Waals surface area contributed by atoms with Gasteiger partial charge in [0.2, 0.25) is 0 Å². The van der Waals surface area contributed by atoms with E-state index < -0.39 is 11.9 Å². The molecule has 36 heavy (non-hydrogen) atoms. The number of unbranched alkanes of at least 4 members (excludes halogenated alkanes) is 1. The molecule has 0 saturated heterocycles. The zero-order chi connectivity index (χ0) is 25.9. The summed E-state index contributed by atoms with van der Waals surface area (Å²) in [5.74, 6) is 1.81. The van der Waals surface area contributed by atoms with Crippen LogP contribution < -0.4 is 9.47 Å². The van der Waals surface area contributed by atoms with Gasteiger partial charge in [0, 0.05) is 6.08 Å². The Morgan fingerprint density at radius 3 is 2.28 bits per heavy atom. The van der Waals surface area contributed by atoms with Gasteiger partial charge in [0.25, 0.3) is 0 Å². The van der Waals surface area contributed by atoms with E-state index in [1.807, 2.05) is 0 Å². The molecule has 3 rings (SSSR count). The van der Waals surface area contributed by atoms with Crippen LogP contribution in [-0.4, -0.2) is 38.2 Å². The highest BCUT2D eigenvalue weighted by molar-refractivity contribution is 5.90. The third kappa shape index (κ3) is 7.84. The van der Waals surface area contributed by atoms with Crippen molar-refractivity contribution in [2.24, 2.45) is 23.7 Å². The molecule has 2 unspecified atom stereocenters. The van der Waals surface area contributed by atoms with Gasteiger partial charge in [0.15, 0.2) is 11.5 Å². The summed E-state index contributed by atoms with van der Waals surface area (Å²) in [5, 5.41) is 0. The van der Waals surface area contributed by atoms with Crippen LogP contribution in [-0.2, 0) is 19.1 Å². The van der Waals surface area contributed by atoms with Gasteiger partial charge in [-0.1, -0.05) is 26.3 Å². The van der Waals surface area contributed by atoms with Crippen molar-refractivity contribution >= 4 is 17.9 Å². The Bertz CT molecular complexity index is 901. The fourth-order valence-corrected chi connectivity index (χ4v) is 5.49. The summed E-state index contributed by atoms with van der Waals surface area (Å²) in [6.45, 7) is 6.07. The van der Waals surface area contributed by atoms with Crippen molar-refractivity contribution in [1.29, 1.82) is 0 Å². The minimum absolute atomic E-state index is 0.0928. The van der Waals surface area contributed by atoms with Crippen molar-refractivity contribution in [2.75, 3.05) is 20.3 Å². The zero-order valence-electron chi connectivity index (χ0n) is 21.7. The summed E-state index contributed by atoms with van der Waals surface area (Å²) in [5.41, 5.74) is 0.312. The highest BCUT2D eigenvalue weighted by atomic mass is 16.6. The molecule has 198 valence electrons. The molecule has 7 heteroatoms. The molecule has 2 saturated carbocycles. The first kappa shape index (κ1) is 27.8. The van der Waals surface area contributed by atoms with E-state index in [1.54, 1.807) is 12.1 Å². The lowest BCUT2D eigenvalue weighted by Crippen LogP contribution is -2.28. The fraction of sp³-hybridized carbons (Fsp3) is 0.621. The highest BCUT2D eigenvalue weighted by Crippen LogP contribution is 2.44. The van der Waals surface area contributed by atoms with Crippen LogP contribution in [0.5, 0.6) is 11.5 Å². The zero-order valence-corrected chi connectivity index (χ0v) is 21.7. The molecule has 7 nitrogen and oxygen atoms in total. The number of benzene rings is 1. The minimum atomic E-state index is -0.496. The van der Waals surface area contributed by atoms with Gasteiger partial charge in [-0.05, 0) is 87.3 Å². The maximum Gasteiger partial charge on any atom is 0.338 e. The molecule has 0 bridgehead atoms. The lowest BCUT2D eigenvalue weighted by atomic mass is 9.75. The third-order valence-corrected chi connectivity index (χ3v) is 7.72. The Labute approximate surface area is 214 Å². The molecule has 2 fully saturated rings. The second-order valence-electron chi connectivity index (χ2n) is 9.96. The van der Waals surface area contributed by atoms with E-state index in [0.29, 0.717) is 29.9 Å². The number of rotatable bonds is 12. The summed E-state index contributed by atoms with van der Waals surface area (Å²) in [4.78, 5) is 36.2. The quantitative estimate of drug-likeness (QED) is 0.153. The Kier molecular flexibility index (Phi) is 10.8. The van der Waals surface area contributed by atoms with Gasteiger partial charge in [-0.25, -0.2) is 9.59 Å². The Morgan fingerprint density at radius 2 is 1.64 bits per heavy atom. The molecule has 0 aliphatic heterocycles. The van der Waals surface area contributed by atoms with Crippen molar-refractivity contribution in [3.63, 3.8) is 0 Å². The first-order valence-electron chi connectivity index (χ1n) is 13.3. The molecular weight excluding hydrogens is 460 g/mol. The van der Waals surface area contributed by atoms with E-state index in [9.17, 15) is 14.4 Å². The van der Waals surface area contributed by atoms with Gasteiger partial charge in [0.05, 0.1) is 31.8 Å². The molecule has 2 aliphatic carbocycles. The maximum atomic E-state index is 12.9. The maximum absolute atomic E-state index is 12.9. The predicted molar refractivity (Wildman–Crippen MR) is 136 cm³/mol. The van der Waals surface area contributed by atoms with Gasteiger partial charge in [-0.15, -0.1) is 0 Å². The Balaban J connectivity index is 1.44. The molecule has 0 aromatic heterocycles. The molecule has 0 radical (unpaired) electrons. The van der Waals surface area contributed by atoms with Crippen LogP contribution in [0.25, 0.3) is 0 Å². The Morgan fingerprint density at radius 1 is 0.944 bits per heavy atom. The molecule has 2 atom stereocenters. The highest BCUT2D eigenvalue weighted by Gasteiger charge is 2.35. The summed E-state index contributed by atoms with van der Waals surface area (Å²) >= 11 is 0. The van der Waals surface area contributed by atoms with Crippen LogP contribution in [0.15, 0.2) is 30.9 Å². The molecule has 0 amide bonds. The van der Waals surface area contributed by atoms with Crippen molar-refractivity contribution < 1.29 is 33.3 Å². The first-order valence-corrected chi connectivity index (χ1v) is 13.3. The average molecular weight is 501 g/mol. The number of methoxy groups -OCH3 is 1. The lowest BCUT2D eigenvalue weighted by molar-refractivity contribution is -0.140. The fourth-order valence-electron chi connectivity index (χ4n) is 5.49. The minimum Gasteiger partial charge on any atom is -0.493 e. The monoisotopic (exact) mass is 500 g/mol. The SMILES string of the molecule is C=CC(=O)OCCCCOC(=O)c1ccc(OC(=O)C2CCC(C3CCC(CC)C3)CC2)c(OC)c1. The van der Waals surface area contributed by atoms with Gasteiger partial charge in [0.1, 0.15) is 0 Å². The van der Waals surface area contributed by atoms with E-state index in [0.717, 1.165) is 49.5 Å². The predicted octanol–water partition coefficient (Wildman–Crippen LogP) is 5.90. The Hall–Kier alpha value is -2.83. The summed E-state index contributed by atoms with van der Waals surface area (Å²) in [7, 11) is 1.47. The largest absolute Gasteiger partial charge is 0.493 e. The van der Waals surface area contributed by atoms with E-state index in [1.165, 1.54) is 38.9 Å². The first-order chi connectivity index (χ1) is 17.4. The van der Waals surface area contributed by atoms with Crippen LogP contribution in [0.2, 0.25) is 0 Å². The number of ether oxygens (including phenoxy) is 4. The molecule has 1 aromatic carbocycles. The molecule has 0 heterocycles. The van der Waals surface area contributed by atoms with Crippen LogP contribution in [0.4, 0.5) is 0 Å². The second kappa shape index (κ2) is 14.0. The van der Waals surface area contributed by atoms with Crippen molar-refractivity contribution in [1.82, 2.24) is 0 Å². The van der Waals surface area contributed by atoms with Gasteiger partial charge in [-0.2, -0.15) is 0 Å². The van der Waals surface area contributed by atoms with E-state index in [4.69, 9.17) is 18.9 Å². The number of carbonyl (C=O) groups excluding carboxylic acids is 3. The standard InChI is InChI=1S/C29H40O7/c1-4-20-8-9-23(18-20)21-10-12-22(13-11-21)29(32)36-25-15-14-24(19-26(25)33-3)28(31)35-17-7-6-16-34-27(30)5-2/h5,14-15,19-23H,2,4,6-13,16-18H2,1,3H3. The van der Waals surface area contributed by atoms with E-state index in [2.05, 4.69) is 13.5 Å². The topological polar surface area (TPSA) is 88.1 Å². The van der Waals surface area contributed by atoms with Gasteiger partial charge >= 0.3 is 17.9 Å². The number of hydrogen-bond donors (Lipinski definition) is 0. The average Bonchev–Trinajstić information content (AvgIpc) is 3.40. The number of carbonyl (C=O) groups is 3. The van der Waals surface area contributed by atoms with Crippen LogP contribution >= 0.6 is 0 Å². The summed E-state index contributed by atoms with van der Waals surface area (Å²) in [6.07, 6.45) is 11.5. The van der Waals surface area contributed by atoms with Gasteiger partial charge in [-0.3, -0.25) is 4.79 Å². The normalized spacial score (nSPS) is 23.5. The summed E-state index contributed by atoms with van der Waals surface area (Å²) in [6, 6.07) is 4.68. The van der Waals surface area contributed by atoms with E-state index >= 15 is 0 Å². The van der Waals surface area contributed by atoms with Crippen LogP contribution in [0, 0.1) is 23.7 Å². The van der Waals surface area contributed by atoms with Crippen molar-refractivity contribution in [2.45, 2.75) is 71.1 Å². The lowest BCUT2D eigenvalue weighted by Gasteiger charge is -2.31. The van der Waals surface area contributed by atoms with Crippen molar-refractivity contribution in [3.05, 3.63) is 36.4 Å². The molecule has 0 N–H and O–H groups in total. The second-order valence-corrected chi connectivity index (χ2v) is 9.96. The molecule has 2 aliphatic rings. The summed E-state index contributed by atoms with van der Waals surface area (Å²) < 4.78 is 21.2. The van der Waals surface area contributed by atoms with Gasteiger partial charge < -0.3 is 18.9 Å². The smallest absolute Gasteiger partial charge is 0.338 e. The van der Waals surface area contributed by atoms with Crippen LogP contribution in [0.1, 0.15) is 81.5 Å². The number of hydrogen-bond acceptors (Lipinski definition) is 7. The third-order valence-electron chi connectivity index (χ3n) is 7.72. The molecule has 0 spiro atoms. The van der Waals surface area contributed by atoms with E-state index in [-0.39, 0.29) is 25.1 Å².